The van der Waals surface area contributed by atoms with Gasteiger partial charge in [-0.15, -0.1) is 0 Å². The minimum absolute atomic E-state index is 0.162. The first-order valence-corrected chi connectivity index (χ1v) is 8.65. The first-order valence-electron chi connectivity index (χ1n) is 8.28. The van der Waals surface area contributed by atoms with Gasteiger partial charge in [0.1, 0.15) is 0 Å². The zero-order valence-electron chi connectivity index (χ0n) is 13.8. The maximum atomic E-state index is 6.49. The van der Waals surface area contributed by atoms with Crippen LogP contribution < -0.4 is 5.32 Å². The topological polar surface area (TPSA) is 33.1 Å². The predicted octanol–water partition coefficient (Wildman–Crippen LogP) is 3.47. The molecule has 1 atom stereocenters. The fraction of sp³-hybridized carbons (Fsp3) is 0.812. The van der Waals surface area contributed by atoms with Crippen molar-refractivity contribution in [1.82, 2.24) is 20.0 Å². The van der Waals surface area contributed by atoms with Gasteiger partial charge in [0, 0.05) is 12.1 Å². The summed E-state index contributed by atoms with van der Waals surface area (Å²) in [5, 5.41) is 8.79. The highest BCUT2D eigenvalue weighted by molar-refractivity contribution is 6.31. The third kappa shape index (κ3) is 2.86. The van der Waals surface area contributed by atoms with E-state index in [0.29, 0.717) is 0 Å². The van der Waals surface area contributed by atoms with Crippen molar-refractivity contribution >= 4 is 11.6 Å². The number of nitrogens with one attached hydrogen (secondary N) is 1. The molecule has 5 heteroatoms. The standard InChI is InChI=1S/C16H29ClN4/c1-5-20(6-2)16(10-8-9-11-16)15(18-4)14-13(17)12-19-21(14)7-3/h12,15,18H,5-11H2,1-4H3. The lowest BCUT2D eigenvalue weighted by Crippen LogP contribution is -2.55. The van der Waals surface area contributed by atoms with Crippen molar-refractivity contribution in [3.05, 3.63) is 16.9 Å². The van der Waals surface area contributed by atoms with E-state index in [9.17, 15) is 0 Å². The van der Waals surface area contributed by atoms with E-state index in [1.165, 1.54) is 25.7 Å². The zero-order chi connectivity index (χ0) is 15.5. The number of hydrogen-bond acceptors (Lipinski definition) is 3. The summed E-state index contributed by atoms with van der Waals surface area (Å²) in [6.45, 7) is 9.65. The van der Waals surface area contributed by atoms with E-state index in [2.05, 4.69) is 43.1 Å². The van der Waals surface area contributed by atoms with Gasteiger partial charge >= 0.3 is 0 Å². The summed E-state index contributed by atoms with van der Waals surface area (Å²) in [6, 6.07) is 0.231. The van der Waals surface area contributed by atoms with Crippen LogP contribution in [0.25, 0.3) is 0 Å². The SMILES string of the molecule is CCN(CC)C1(C(NC)c2c(Cl)cnn2CC)CCCC1. The molecule has 1 unspecified atom stereocenters. The van der Waals surface area contributed by atoms with E-state index < -0.39 is 0 Å². The monoisotopic (exact) mass is 312 g/mol. The lowest BCUT2D eigenvalue weighted by Gasteiger charge is -2.46. The van der Waals surface area contributed by atoms with Crippen LogP contribution in [0.4, 0.5) is 0 Å². The minimum atomic E-state index is 0.162. The van der Waals surface area contributed by atoms with Gasteiger partial charge in [-0.25, -0.2) is 0 Å². The Morgan fingerprint density at radius 2 is 1.95 bits per heavy atom. The third-order valence-electron chi connectivity index (χ3n) is 5.09. The van der Waals surface area contributed by atoms with Gasteiger partial charge in [0.25, 0.3) is 0 Å². The molecule has 0 amide bonds. The van der Waals surface area contributed by atoms with Crippen molar-refractivity contribution in [2.75, 3.05) is 20.1 Å². The molecular weight excluding hydrogens is 284 g/mol. The summed E-state index contributed by atoms with van der Waals surface area (Å²) < 4.78 is 2.05. The molecule has 1 aromatic rings. The van der Waals surface area contributed by atoms with Crippen molar-refractivity contribution in [2.45, 2.75) is 64.6 Å². The van der Waals surface area contributed by atoms with Crippen molar-refractivity contribution in [2.24, 2.45) is 0 Å². The first kappa shape index (κ1) is 16.8. The highest BCUT2D eigenvalue weighted by Crippen LogP contribution is 2.45. The van der Waals surface area contributed by atoms with Crippen molar-refractivity contribution < 1.29 is 0 Å². The van der Waals surface area contributed by atoms with E-state index in [-0.39, 0.29) is 11.6 Å². The minimum Gasteiger partial charge on any atom is -0.310 e. The lowest BCUT2D eigenvalue weighted by molar-refractivity contribution is 0.0623. The second kappa shape index (κ2) is 7.12. The van der Waals surface area contributed by atoms with Gasteiger partial charge in [0.05, 0.1) is 23.0 Å². The van der Waals surface area contributed by atoms with Gasteiger partial charge in [-0.3, -0.25) is 9.58 Å². The highest BCUT2D eigenvalue weighted by atomic mass is 35.5. The van der Waals surface area contributed by atoms with Gasteiger partial charge in [-0.2, -0.15) is 5.10 Å². The highest BCUT2D eigenvalue weighted by Gasteiger charge is 2.46. The summed E-state index contributed by atoms with van der Waals surface area (Å²) >= 11 is 6.49. The number of hydrogen-bond donors (Lipinski definition) is 1. The smallest absolute Gasteiger partial charge is 0.0834 e. The molecule has 0 spiro atoms. The van der Waals surface area contributed by atoms with Crippen molar-refractivity contribution in [1.29, 1.82) is 0 Å². The second-order valence-corrected chi connectivity index (χ2v) is 6.31. The Hall–Kier alpha value is -0.580. The van der Waals surface area contributed by atoms with Crippen LogP contribution in [0, 0.1) is 0 Å². The van der Waals surface area contributed by atoms with Gasteiger partial charge in [-0.1, -0.05) is 38.3 Å². The van der Waals surface area contributed by atoms with Crippen molar-refractivity contribution in [3.63, 3.8) is 0 Å². The van der Waals surface area contributed by atoms with Crippen LogP contribution in [-0.2, 0) is 6.54 Å². The van der Waals surface area contributed by atoms with E-state index in [4.69, 9.17) is 11.6 Å². The molecule has 1 aliphatic carbocycles. The van der Waals surface area contributed by atoms with E-state index >= 15 is 0 Å². The quantitative estimate of drug-likeness (QED) is 0.837. The molecule has 1 aliphatic rings. The number of likely N-dealkylation sites (N-methyl/N-ethyl adjacent to an activating group) is 2. The molecule has 1 fully saturated rings. The molecular formula is C16H29ClN4. The summed E-state index contributed by atoms with van der Waals surface area (Å²) in [7, 11) is 2.05. The predicted molar refractivity (Wildman–Crippen MR) is 88.8 cm³/mol. The molecule has 0 bridgehead atoms. The largest absolute Gasteiger partial charge is 0.310 e. The second-order valence-electron chi connectivity index (χ2n) is 5.90. The maximum absolute atomic E-state index is 6.49. The molecule has 1 N–H and O–H groups in total. The fourth-order valence-corrected chi connectivity index (χ4v) is 4.45. The summed E-state index contributed by atoms with van der Waals surface area (Å²) in [4.78, 5) is 2.62. The number of halogens is 1. The van der Waals surface area contributed by atoms with E-state index in [1.807, 2.05) is 4.68 Å². The summed E-state index contributed by atoms with van der Waals surface area (Å²) in [5.74, 6) is 0. The number of aryl methyl sites for hydroxylation is 1. The zero-order valence-corrected chi connectivity index (χ0v) is 14.6. The lowest BCUT2D eigenvalue weighted by atomic mass is 9.83. The van der Waals surface area contributed by atoms with Crippen LogP contribution in [0.15, 0.2) is 6.20 Å². The van der Waals surface area contributed by atoms with E-state index in [0.717, 1.165) is 30.4 Å². The normalized spacial score (nSPS) is 19.3. The Morgan fingerprint density at radius 3 is 2.43 bits per heavy atom. The molecule has 1 saturated carbocycles. The van der Waals surface area contributed by atoms with Crippen molar-refractivity contribution in [3.8, 4) is 0 Å². The molecule has 0 saturated heterocycles. The Balaban J connectivity index is 2.48. The summed E-state index contributed by atoms with van der Waals surface area (Å²) in [5.41, 5.74) is 1.31. The first-order chi connectivity index (χ1) is 10.1. The average Bonchev–Trinajstić information content (AvgIpc) is 3.11. The fourth-order valence-electron chi connectivity index (χ4n) is 4.20. The van der Waals surface area contributed by atoms with Crippen LogP contribution in [0.3, 0.4) is 0 Å². The van der Waals surface area contributed by atoms with Crippen LogP contribution in [-0.4, -0.2) is 40.4 Å². The van der Waals surface area contributed by atoms with Gasteiger partial charge in [0.2, 0.25) is 0 Å². The van der Waals surface area contributed by atoms with Gasteiger partial charge in [0.15, 0.2) is 0 Å². The number of aromatic nitrogens is 2. The molecule has 120 valence electrons. The number of nitrogens with zero attached hydrogens (tertiary/aromatic N) is 3. The molecule has 1 heterocycles. The Morgan fingerprint density at radius 1 is 1.33 bits per heavy atom. The molecule has 21 heavy (non-hydrogen) atoms. The van der Waals surface area contributed by atoms with Crippen LogP contribution in [0.2, 0.25) is 5.02 Å². The number of rotatable bonds is 7. The third-order valence-corrected chi connectivity index (χ3v) is 5.39. The molecule has 4 nitrogen and oxygen atoms in total. The van der Waals surface area contributed by atoms with Gasteiger partial charge < -0.3 is 5.32 Å². The summed E-state index contributed by atoms with van der Waals surface area (Å²) in [6.07, 6.45) is 6.84. The van der Waals surface area contributed by atoms with Crippen LogP contribution in [0.1, 0.15) is 58.2 Å². The Labute approximate surface area is 133 Å². The molecule has 1 aromatic heterocycles. The molecule has 0 radical (unpaired) electrons. The molecule has 0 aromatic carbocycles. The Bertz CT molecular complexity index is 447. The Kier molecular flexibility index (Phi) is 5.69. The molecule has 2 rings (SSSR count). The average molecular weight is 313 g/mol. The van der Waals surface area contributed by atoms with Crippen LogP contribution in [0.5, 0.6) is 0 Å². The maximum Gasteiger partial charge on any atom is 0.0834 e. The van der Waals surface area contributed by atoms with Gasteiger partial charge in [-0.05, 0) is 39.9 Å². The van der Waals surface area contributed by atoms with E-state index in [1.54, 1.807) is 6.20 Å². The van der Waals surface area contributed by atoms with Crippen LogP contribution >= 0.6 is 11.6 Å². The molecule has 0 aliphatic heterocycles.